The lowest BCUT2D eigenvalue weighted by Gasteiger charge is -2.21. The Labute approximate surface area is 86.2 Å². The Bertz CT molecular complexity index is 363. The molecule has 0 radical (unpaired) electrons. The van der Waals surface area contributed by atoms with Gasteiger partial charge in [-0.3, -0.25) is 4.79 Å². The van der Waals surface area contributed by atoms with Crippen molar-refractivity contribution in [2.75, 3.05) is 0 Å². The van der Waals surface area contributed by atoms with E-state index < -0.39 is 18.0 Å². The van der Waals surface area contributed by atoms with E-state index in [1.807, 2.05) is 0 Å². The zero-order valence-electron chi connectivity index (χ0n) is 8.14. The molecule has 0 spiro atoms. The van der Waals surface area contributed by atoms with E-state index in [4.69, 9.17) is 5.11 Å². The van der Waals surface area contributed by atoms with E-state index in [0.717, 1.165) is 6.07 Å². The molecule has 1 unspecified atom stereocenters. The molecule has 0 saturated heterocycles. The molecule has 0 fully saturated rings. The van der Waals surface area contributed by atoms with Crippen LogP contribution in [0.25, 0.3) is 0 Å². The van der Waals surface area contributed by atoms with Crippen LogP contribution in [-0.2, 0) is 10.4 Å². The summed E-state index contributed by atoms with van der Waals surface area (Å²) in [5.41, 5.74) is -1.47. The minimum Gasteiger partial charge on any atom is -0.508 e. The van der Waals surface area contributed by atoms with Gasteiger partial charge in [0.05, 0.1) is 12.0 Å². The van der Waals surface area contributed by atoms with Gasteiger partial charge in [-0.05, 0) is 24.6 Å². The quantitative estimate of drug-likeness (QED) is 0.593. The van der Waals surface area contributed by atoms with Crippen LogP contribution >= 0.6 is 0 Å². The Morgan fingerprint density at radius 1 is 1.27 bits per heavy atom. The van der Waals surface area contributed by atoms with Crippen LogP contribution in [0.4, 0.5) is 0 Å². The largest absolute Gasteiger partial charge is 0.508 e. The average molecular weight is 212 g/mol. The van der Waals surface area contributed by atoms with E-state index in [0.29, 0.717) is 0 Å². The fraction of sp³-hybridized carbons (Fsp3) is 0.300. The van der Waals surface area contributed by atoms with Crippen molar-refractivity contribution in [1.82, 2.24) is 0 Å². The normalized spacial score (nSPS) is 14.5. The molecule has 1 aromatic rings. The molecule has 1 aromatic carbocycles. The monoisotopic (exact) mass is 212 g/mol. The molecule has 0 saturated carbocycles. The van der Waals surface area contributed by atoms with Crippen molar-refractivity contribution < 1.29 is 25.2 Å². The highest BCUT2D eigenvalue weighted by atomic mass is 16.4. The summed E-state index contributed by atoms with van der Waals surface area (Å²) in [6, 6.07) is 3.52. The van der Waals surface area contributed by atoms with E-state index in [2.05, 4.69) is 0 Å². The second-order valence-corrected chi connectivity index (χ2v) is 3.58. The van der Waals surface area contributed by atoms with Gasteiger partial charge >= 0.3 is 5.97 Å². The Balaban J connectivity index is 3.08. The number of hydrogen-bond acceptors (Lipinski definition) is 4. The van der Waals surface area contributed by atoms with Crippen LogP contribution in [0.5, 0.6) is 11.5 Å². The number of aliphatic carboxylic acids is 1. The molecule has 0 aliphatic rings. The van der Waals surface area contributed by atoms with Gasteiger partial charge in [0, 0.05) is 6.07 Å². The molecular weight excluding hydrogens is 200 g/mol. The third-order valence-electron chi connectivity index (χ3n) is 2.02. The van der Waals surface area contributed by atoms with Gasteiger partial charge in [0.25, 0.3) is 0 Å². The molecule has 0 heterocycles. The molecule has 5 nitrogen and oxygen atoms in total. The van der Waals surface area contributed by atoms with E-state index in [1.165, 1.54) is 19.1 Å². The number of rotatable bonds is 3. The standard InChI is InChI=1S/C10H12O5/c1-10(15,5-9(13)14)6-2-7(11)4-8(12)3-6/h2-4,11-12,15H,5H2,1H3,(H,13,14). The van der Waals surface area contributed by atoms with Gasteiger partial charge in [-0.15, -0.1) is 0 Å². The highest BCUT2D eigenvalue weighted by Crippen LogP contribution is 2.30. The maximum Gasteiger partial charge on any atom is 0.306 e. The van der Waals surface area contributed by atoms with Gasteiger partial charge < -0.3 is 20.4 Å². The molecule has 15 heavy (non-hydrogen) atoms. The Hall–Kier alpha value is -1.75. The zero-order chi connectivity index (χ0) is 11.6. The van der Waals surface area contributed by atoms with Gasteiger partial charge in [0.15, 0.2) is 0 Å². The van der Waals surface area contributed by atoms with Crippen molar-refractivity contribution >= 4 is 5.97 Å². The molecule has 5 heteroatoms. The highest BCUT2D eigenvalue weighted by molar-refractivity contribution is 5.68. The SMILES string of the molecule is CC(O)(CC(=O)O)c1cc(O)cc(O)c1. The molecule has 0 aliphatic heterocycles. The van der Waals surface area contributed by atoms with Crippen molar-refractivity contribution in [3.63, 3.8) is 0 Å². The van der Waals surface area contributed by atoms with E-state index in [-0.39, 0.29) is 17.1 Å². The highest BCUT2D eigenvalue weighted by Gasteiger charge is 2.27. The van der Waals surface area contributed by atoms with Gasteiger partial charge in [-0.25, -0.2) is 0 Å². The van der Waals surface area contributed by atoms with Crippen LogP contribution in [0.1, 0.15) is 18.9 Å². The van der Waals surface area contributed by atoms with Crippen LogP contribution < -0.4 is 0 Å². The third-order valence-corrected chi connectivity index (χ3v) is 2.02. The van der Waals surface area contributed by atoms with Crippen LogP contribution in [0, 0.1) is 0 Å². The van der Waals surface area contributed by atoms with Crippen molar-refractivity contribution in [2.45, 2.75) is 18.9 Å². The van der Waals surface area contributed by atoms with E-state index in [1.54, 1.807) is 0 Å². The lowest BCUT2D eigenvalue weighted by atomic mass is 9.92. The summed E-state index contributed by atoms with van der Waals surface area (Å²) < 4.78 is 0. The molecule has 1 rings (SSSR count). The number of aromatic hydroxyl groups is 2. The summed E-state index contributed by atoms with van der Waals surface area (Å²) in [4.78, 5) is 10.5. The number of phenolic OH excluding ortho intramolecular Hbond substituents is 2. The molecule has 0 bridgehead atoms. The topological polar surface area (TPSA) is 98.0 Å². The summed E-state index contributed by atoms with van der Waals surface area (Å²) in [5, 5.41) is 36.7. The summed E-state index contributed by atoms with van der Waals surface area (Å²) in [6.45, 7) is 1.30. The predicted molar refractivity (Wildman–Crippen MR) is 51.6 cm³/mol. The smallest absolute Gasteiger partial charge is 0.306 e. The van der Waals surface area contributed by atoms with Gasteiger partial charge in [0.1, 0.15) is 11.5 Å². The van der Waals surface area contributed by atoms with Crippen molar-refractivity contribution in [1.29, 1.82) is 0 Å². The van der Waals surface area contributed by atoms with E-state index >= 15 is 0 Å². The molecule has 0 amide bonds. The van der Waals surface area contributed by atoms with Crippen LogP contribution in [0.2, 0.25) is 0 Å². The molecule has 82 valence electrons. The Morgan fingerprint density at radius 2 is 1.73 bits per heavy atom. The number of carboxylic acids is 1. The fourth-order valence-electron chi connectivity index (χ4n) is 1.30. The van der Waals surface area contributed by atoms with E-state index in [9.17, 15) is 20.1 Å². The minimum atomic E-state index is -1.62. The minimum absolute atomic E-state index is 0.155. The zero-order valence-corrected chi connectivity index (χ0v) is 8.14. The summed E-state index contributed by atoms with van der Waals surface area (Å²) in [5.74, 6) is -1.62. The molecule has 1 atom stereocenters. The Morgan fingerprint density at radius 3 is 2.13 bits per heavy atom. The number of aliphatic hydroxyl groups is 1. The second-order valence-electron chi connectivity index (χ2n) is 3.58. The number of carbonyl (C=O) groups is 1. The fourth-order valence-corrected chi connectivity index (χ4v) is 1.30. The Kier molecular flexibility index (Phi) is 2.85. The van der Waals surface area contributed by atoms with Gasteiger partial charge in [0.2, 0.25) is 0 Å². The first-order valence-electron chi connectivity index (χ1n) is 4.29. The lowest BCUT2D eigenvalue weighted by molar-refractivity contribution is -0.142. The van der Waals surface area contributed by atoms with Crippen LogP contribution in [0.3, 0.4) is 0 Å². The predicted octanol–water partition coefficient (Wildman–Crippen LogP) is 0.780. The maximum atomic E-state index is 10.5. The third kappa shape index (κ3) is 2.85. The summed E-state index contributed by atoms with van der Waals surface area (Å²) >= 11 is 0. The molecule has 0 aromatic heterocycles. The first-order chi connectivity index (χ1) is 6.81. The summed E-state index contributed by atoms with van der Waals surface area (Å²) in [7, 11) is 0. The van der Waals surface area contributed by atoms with Crippen LogP contribution in [-0.4, -0.2) is 26.4 Å². The first-order valence-corrected chi connectivity index (χ1v) is 4.29. The van der Waals surface area contributed by atoms with Gasteiger partial charge in [-0.1, -0.05) is 0 Å². The number of phenols is 2. The van der Waals surface area contributed by atoms with Crippen molar-refractivity contribution in [2.24, 2.45) is 0 Å². The van der Waals surface area contributed by atoms with Crippen molar-refractivity contribution in [3.8, 4) is 11.5 Å². The lowest BCUT2D eigenvalue weighted by Crippen LogP contribution is -2.24. The van der Waals surface area contributed by atoms with Crippen LogP contribution in [0.15, 0.2) is 18.2 Å². The second kappa shape index (κ2) is 3.78. The van der Waals surface area contributed by atoms with Crippen molar-refractivity contribution in [3.05, 3.63) is 23.8 Å². The first kappa shape index (κ1) is 11.3. The number of carboxylic acid groups (broad SMARTS) is 1. The molecule has 4 N–H and O–H groups in total. The molecule has 0 aliphatic carbocycles. The molecular formula is C10H12O5. The van der Waals surface area contributed by atoms with Gasteiger partial charge in [-0.2, -0.15) is 0 Å². The average Bonchev–Trinajstić information content (AvgIpc) is 1.99. The summed E-state index contributed by atoms with van der Waals surface area (Å²) in [6.07, 6.45) is -0.504. The number of benzene rings is 1. The number of hydrogen-bond donors (Lipinski definition) is 4. The maximum absolute atomic E-state index is 10.5.